The second-order valence-corrected chi connectivity index (χ2v) is 5.52. The molecule has 2 fully saturated rings. The van der Waals surface area contributed by atoms with Crippen molar-refractivity contribution in [1.29, 1.82) is 0 Å². The highest BCUT2D eigenvalue weighted by Gasteiger charge is 2.28. The van der Waals surface area contributed by atoms with Crippen LogP contribution in [-0.4, -0.2) is 33.6 Å². The smallest absolute Gasteiger partial charge is 0.277 e. The molecule has 1 aliphatic heterocycles. The quantitative estimate of drug-likeness (QED) is 0.587. The molecule has 0 radical (unpaired) electrons. The van der Waals surface area contributed by atoms with Gasteiger partial charge in [0.25, 0.3) is 10.2 Å². The van der Waals surface area contributed by atoms with Crippen LogP contribution in [0.25, 0.3) is 0 Å². The van der Waals surface area contributed by atoms with Crippen LogP contribution in [0.15, 0.2) is 0 Å². The van der Waals surface area contributed by atoms with Gasteiger partial charge in [-0.1, -0.05) is 0 Å². The predicted molar refractivity (Wildman–Crippen MR) is 54.1 cm³/mol. The highest BCUT2D eigenvalue weighted by Crippen LogP contribution is 2.19. The number of hydrogen-bond acceptors (Lipinski definition) is 3. The standard InChI is InChI=1S/C8H17N3O2S/c12-14(13,10-7-1-2-7)11-8-3-5-9-6-4-8/h7-11H,1-6H2. The van der Waals surface area contributed by atoms with Crippen molar-refractivity contribution in [3.63, 3.8) is 0 Å². The second kappa shape index (κ2) is 4.14. The summed E-state index contributed by atoms with van der Waals surface area (Å²) >= 11 is 0. The van der Waals surface area contributed by atoms with Crippen molar-refractivity contribution in [2.45, 2.75) is 37.8 Å². The third-order valence-corrected chi connectivity index (χ3v) is 3.85. The van der Waals surface area contributed by atoms with E-state index in [0.717, 1.165) is 38.8 Å². The largest absolute Gasteiger partial charge is 0.317 e. The van der Waals surface area contributed by atoms with Crippen LogP contribution >= 0.6 is 0 Å². The number of hydrogen-bond donors (Lipinski definition) is 3. The molecule has 1 saturated carbocycles. The van der Waals surface area contributed by atoms with Gasteiger partial charge in [0.15, 0.2) is 0 Å². The van der Waals surface area contributed by atoms with Crippen LogP contribution in [0.3, 0.4) is 0 Å². The van der Waals surface area contributed by atoms with Crippen molar-refractivity contribution in [3.05, 3.63) is 0 Å². The Bertz CT molecular complexity index is 281. The van der Waals surface area contributed by atoms with E-state index in [-0.39, 0.29) is 12.1 Å². The van der Waals surface area contributed by atoms with Crippen molar-refractivity contribution >= 4 is 10.2 Å². The van der Waals surface area contributed by atoms with Crippen LogP contribution in [0.5, 0.6) is 0 Å². The predicted octanol–water partition coefficient (Wildman–Crippen LogP) is -0.675. The first-order valence-electron chi connectivity index (χ1n) is 5.16. The summed E-state index contributed by atoms with van der Waals surface area (Å²) < 4.78 is 28.3. The average Bonchev–Trinajstić information content (AvgIpc) is 2.88. The molecule has 1 saturated heterocycles. The fraction of sp³-hybridized carbons (Fsp3) is 1.00. The Morgan fingerprint density at radius 3 is 1.93 bits per heavy atom. The molecule has 0 aromatic heterocycles. The lowest BCUT2D eigenvalue weighted by Crippen LogP contribution is -2.47. The van der Waals surface area contributed by atoms with Gasteiger partial charge >= 0.3 is 0 Å². The van der Waals surface area contributed by atoms with E-state index in [1.165, 1.54) is 0 Å². The highest BCUT2D eigenvalue weighted by molar-refractivity contribution is 7.87. The van der Waals surface area contributed by atoms with Crippen molar-refractivity contribution in [2.24, 2.45) is 0 Å². The molecular weight excluding hydrogens is 202 g/mol. The van der Waals surface area contributed by atoms with Crippen LogP contribution in [0, 0.1) is 0 Å². The molecule has 0 aromatic carbocycles. The highest BCUT2D eigenvalue weighted by atomic mass is 32.2. The van der Waals surface area contributed by atoms with E-state index in [2.05, 4.69) is 14.8 Å². The summed E-state index contributed by atoms with van der Waals surface area (Å²) in [4.78, 5) is 0. The van der Waals surface area contributed by atoms with Gasteiger partial charge in [0, 0.05) is 12.1 Å². The van der Waals surface area contributed by atoms with Gasteiger partial charge in [-0.15, -0.1) is 0 Å². The molecule has 0 aromatic rings. The number of nitrogens with one attached hydrogen (secondary N) is 3. The minimum atomic E-state index is -3.25. The number of rotatable bonds is 4. The lowest BCUT2D eigenvalue weighted by Gasteiger charge is -2.23. The molecule has 3 N–H and O–H groups in total. The molecule has 2 rings (SSSR count). The summed E-state index contributed by atoms with van der Waals surface area (Å²) in [6.45, 7) is 1.80. The average molecular weight is 219 g/mol. The fourth-order valence-corrected chi connectivity index (χ4v) is 3.03. The van der Waals surface area contributed by atoms with E-state index in [1.807, 2.05) is 0 Å². The SMILES string of the molecule is O=S(=O)(NC1CCNCC1)NC1CC1. The van der Waals surface area contributed by atoms with Gasteiger partial charge in [-0.25, -0.2) is 0 Å². The van der Waals surface area contributed by atoms with Crippen LogP contribution in [0.2, 0.25) is 0 Å². The van der Waals surface area contributed by atoms with Gasteiger partial charge in [0.05, 0.1) is 0 Å². The van der Waals surface area contributed by atoms with E-state index in [4.69, 9.17) is 0 Å². The Balaban J connectivity index is 1.81. The lowest BCUT2D eigenvalue weighted by molar-refractivity contribution is 0.424. The molecule has 0 bridgehead atoms. The first kappa shape index (κ1) is 10.4. The van der Waals surface area contributed by atoms with E-state index in [0.29, 0.717) is 0 Å². The third kappa shape index (κ3) is 3.20. The molecule has 1 aliphatic carbocycles. The van der Waals surface area contributed by atoms with Gasteiger partial charge in [-0.05, 0) is 38.8 Å². The normalized spacial score (nSPS) is 25.1. The maximum absolute atomic E-state index is 11.5. The summed E-state index contributed by atoms with van der Waals surface area (Å²) in [5.41, 5.74) is 0. The summed E-state index contributed by atoms with van der Waals surface area (Å²) in [6, 6.07) is 0.293. The second-order valence-electron chi connectivity index (χ2n) is 4.04. The Kier molecular flexibility index (Phi) is 3.06. The summed E-state index contributed by atoms with van der Waals surface area (Å²) in [7, 11) is -3.25. The Morgan fingerprint density at radius 2 is 1.43 bits per heavy atom. The molecule has 14 heavy (non-hydrogen) atoms. The van der Waals surface area contributed by atoms with E-state index < -0.39 is 10.2 Å². The molecule has 82 valence electrons. The van der Waals surface area contributed by atoms with Crippen LogP contribution in [0.1, 0.15) is 25.7 Å². The first-order valence-corrected chi connectivity index (χ1v) is 6.64. The zero-order valence-electron chi connectivity index (χ0n) is 8.12. The Hall–Kier alpha value is -0.170. The molecule has 0 spiro atoms. The van der Waals surface area contributed by atoms with Gasteiger partial charge in [0.1, 0.15) is 0 Å². The maximum atomic E-state index is 11.5. The first-order chi connectivity index (χ1) is 6.66. The van der Waals surface area contributed by atoms with Crippen LogP contribution < -0.4 is 14.8 Å². The topological polar surface area (TPSA) is 70.2 Å². The van der Waals surface area contributed by atoms with Crippen molar-refractivity contribution < 1.29 is 8.42 Å². The molecule has 0 amide bonds. The summed E-state index contributed by atoms with van der Waals surface area (Å²) in [5.74, 6) is 0. The summed E-state index contributed by atoms with van der Waals surface area (Å²) in [6.07, 6.45) is 3.72. The van der Waals surface area contributed by atoms with Gasteiger partial charge < -0.3 is 5.32 Å². The number of piperidine rings is 1. The third-order valence-electron chi connectivity index (χ3n) is 2.56. The molecule has 5 nitrogen and oxygen atoms in total. The Morgan fingerprint density at radius 1 is 0.929 bits per heavy atom. The molecule has 2 aliphatic rings. The lowest BCUT2D eigenvalue weighted by atomic mass is 10.1. The minimum absolute atomic E-state index is 0.104. The van der Waals surface area contributed by atoms with E-state index in [1.54, 1.807) is 0 Å². The van der Waals surface area contributed by atoms with E-state index in [9.17, 15) is 8.42 Å². The van der Waals surface area contributed by atoms with Gasteiger partial charge in [-0.3, -0.25) is 0 Å². The zero-order chi connectivity index (χ0) is 10.0. The van der Waals surface area contributed by atoms with E-state index >= 15 is 0 Å². The Labute approximate surface area is 84.8 Å². The monoisotopic (exact) mass is 219 g/mol. The molecule has 6 heteroatoms. The molecule has 0 unspecified atom stereocenters. The van der Waals surface area contributed by atoms with Crippen molar-refractivity contribution in [2.75, 3.05) is 13.1 Å². The zero-order valence-corrected chi connectivity index (χ0v) is 8.94. The maximum Gasteiger partial charge on any atom is 0.277 e. The van der Waals surface area contributed by atoms with Crippen LogP contribution in [0.4, 0.5) is 0 Å². The fourth-order valence-electron chi connectivity index (χ4n) is 1.61. The van der Waals surface area contributed by atoms with Crippen molar-refractivity contribution in [3.8, 4) is 0 Å². The van der Waals surface area contributed by atoms with Gasteiger partial charge in [0.2, 0.25) is 0 Å². The van der Waals surface area contributed by atoms with Gasteiger partial charge in [-0.2, -0.15) is 17.9 Å². The molecule has 1 heterocycles. The minimum Gasteiger partial charge on any atom is -0.317 e. The molecular formula is C8H17N3O2S. The molecule has 0 atom stereocenters. The van der Waals surface area contributed by atoms with Crippen molar-refractivity contribution in [1.82, 2.24) is 14.8 Å². The van der Waals surface area contributed by atoms with Crippen LogP contribution in [-0.2, 0) is 10.2 Å². The summed E-state index contributed by atoms with van der Waals surface area (Å²) in [5, 5.41) is 3.20.